The van der Waals surface area contributed by atoms with Gasteiger partial charge in [-0.1, -0.05) is 29.8 Å². The van der Waals surface area contributed by atoms with Gasteiger partial charge in [0.1, 0.15) is 17.9 Å². The van der Waals surface area contributed by atoms with Gasteiger partial charge in [0.15, 0.2) is 0 Å². The van der Waals surface area contributed by atoms with Crippen LogP contribution in [0.3, 0.4) is 0 Å². The third-order valence-corrected chi connectivity index (χ3v) is 7.09. The fraction of sp³-hybridized carbons (Fsp3) is 0.444. The third kappa shape index (κ3) is 7.29. The van der Waals surface area contributed by atoms with Gasteiger partial charge in [0.05, 0.1) is 5.02 Å². The highest BCUT2D eigenvalue weighted by Gasteiger charge is 2.32. The maximum Gasteiger partial charge on any atom is 0.404 e. The average Bonchev–Trinajstić information content (AvgIpc) is 2.91. The highest BCUT2D eigenvalue weighted by Crippen LogP contribution is 2.31. The normalized spacial score (nSPS) is 18.2. The molecule has 2 aliphatic heterocycles. The van der Waals surface area contributed by atoms with Crippen LogP contribution in [0.15, 0.2) is 48.5 Å². The number of nitrogens with one attached hydrogen (secondary N) is 2. The molecular weight excluding hydrogens is 496 g/mol. The molecule has 198 valence electrons. The number of hydrogen-bond donors (Lipinski definition) is 3. The molecule has 10 heteroatoms. The quantitative estimate of drug-likeness (QED) is 0.469. The molecule has 0 radical (unpaired) electrons. The summed E-state index contributed by atoms with van der Waals surface area (Å²) in [5.41, 5.74) is 1.75. The van der Waals surface area contributed by atoms with Crippen molar-refractivity contribution in [2.45, 2.75) is 50.7 Å². The van der Waals surface area contributed by atoms with Gasteiger partial charge in [-0.3, -0.25) is 9.59 Å². The molecule has 2 aromatic rings. The lowest BCUT2D eigenvalue weighted by molar-refractivity contribution is -0.140. The van der Waals surface area contributed by atoms with E-state index in [9.17, 15) is 14.4 Å². The van der Waals surface area contributed by atoms with E-state index in [1.165, 1.54) is 5.69 Å². The summed E-state index contributed by atoms with van der Waals surface area (Å²) in [7, 11) is 0. The van der Waals surface area contributed by atoms with Crippen molar-refractivity contribution in [2.24, 2.45) is 0 Å². The van der Waals surface area contributed by atoms with Crippen molar-refractivity contribution >= 4 is 40.9 Å². The zero-order valence-electron chi connectivity index (χ0n) is 20.7. The second kappa shape index (κ2) is 12.7. The number of anilines is 2. The molecule has 0 aliphatic carbocycles. The van der Waals surface area contributed by atoms with Crippen molar-refractivity contribution in [3.8, 4) is 5.75 Å². The van der Waals surface area contributed by atoms with Crippen molar-refractivity contribution < 1.29 is 24.2 Å². The largest absolute Gasteiger partial charge is 0.489 e. The Morgan fingerprint density at radius 3 is 2.46 bits per heavy atom. The lowest BCUT2D eigenvalue weighted by atomic mass is 10.0. The van der Waals surface area contributed by atoms with Gasteiger partial charge in [-0.25, -0.2) is 4.79 Å². The lowest BCUT2D eigenvalue weighted by Gasteiger charge is -2.35. The van der Waals surface area contributed by atoms with Crippen molar-refractivity contribution in [3.63, 3.8) is 0 Å². The van der Waals surface area contributed by atoms with Gasteiger partial charge < -0.3 is 30.3 Å². The highest BCUT2D eigenvalue weighted by atomic mass is 35.5. The molecule has 3 N–H and O–H groups in total. The predicted octanol–water partition coefficient (Wildman–Crippen LogP) is 4.37. The van der Waals surface area contributed by atoms with Gasteiger partial charge in [-0.05, 0) is 49.6 Å². The fourth-order valence-corrected chi connectivity index (χ4v) is 5.10. The number of halogens is 1. The van der Waals surface area contributed by atoms with Gasteiger partial charge in [0.25, 0.3) is 0 Å². The number of rotatable bonds is 8. The zero-order valence-corrected chi connectivity index (χ0v) is 21.5. The first-order chi connectivity index (χ1) is 17.9. The van der Waals surface area contributed by atoms with E-state index < -0.39 is 12.1 Å². The Balaban J connectivity index is 1.30. The van der Waals surface area contributed by atoms with Gasteiger partial charge in [-0.15, -0.1) is 0 Å². The molecule has 2 saturated heterocycles. The summed E-state index contributed by atoms with van der Waals surface area (Å²) < 4.78 is 6.18. The average molecular weight is 529 g/mol. The number of amides is 3. The minimum absolute atomic E-state index is 0.0121. The molecule has 1 unspecified atom stereocenters. The Hall–Kier alpha value is -3.46. The number of likely N-dealkylation sites (tertiary alicyclic amines) is 1. The molecule has 2 aromatic carbocycles. The lowest BCUT2D eigenvalue weighted by Crippen LogP contribution is -2.50. The number of carbonyl (C=O) groups excluding carboxylic acids is 2. The summed E-state index contributed by atoms with van der Waals surface area (Å²) in [6.45, 7) is 2.30. The Labute approximate surface area is 221 Å². The number of ether oxygens (including phenoxy) is 1. The molecule has 2 fully saturated rings. The van der Waals surface area contributed by atoms with E-state index in [4.69, 9.17) is 21.4 Å². The van der Waals surface area contributed by atoms with Crippen LogP contribution in [0, 0.1) is 0 Å². The number of piperidine rings is 2. The minimum Gasteiger partial charge on any atom is -0.489 e. The molecule has 0 bridgehead atoms. The van der Waals surface area contributed by atoms with Crippen LogP contribution in [0.5, 0.6) is 5.75 Å². The second-order valence-electron chi connectivity index (χ2n) is 9.35. The van der Waals surface area contributed by atoms with Crippen LogP contribution in [-0.4, -0.2) is 66.2 Å². The molecule has 0 aromatic heterocycles. The molecule has 4 rings (SSSR count). The van der Waals surface area contributed by atoms with Crippen molar-refractivity contribution in [3.05, 3.63) is 53.6 Å². The standard InChI is InChI=1S/C27H33ClN4O5/c28-22-18-19(30-26(34)23-8-4-5-15-32(23)25(33)11-14-29-27(35)36)9-10-24(22)37-21-12-16-31(17-13-21)20-6-2-1-3-7-20/h1-3,6-7,9-10,18,21,23,29H,4-5,8,11-17H2,(H,30,34)(H,35,36). The Bertz CT molecular complexity index is 1090. The summed E-state index contributed by atoms with van der Waals surface area (Å²) in [5.74, 6) is 0.0594. The van der Waals surface area contributed by atoms with E-state index in [1.807, 2.05) is 18.2 Å². The van der Waals surface area contributed by atoms with Crippen LogP contribution in [0.25, 0.3) is 0 Å². The summed E-state index contributed by atoms with van der Waals surface area (Å²) in [6, 6.07) is 14.9. The van der Waals surface area contributed by atoms with E-state index in [0.717, 1.165) is 38.8 Å². The zero-order chi connectivity index (χ0) is 26.2. The van der Waals surface area contributed by atoms with Crippen molar-refractivity contribution in [1.29, 1.82) is 0 Å². The van der Waals surface area contributed by atoms with E-state index in [0.29, 0.717) is 29.4 Å². The van der Waals surface area contributed by atoms with E-state index in [2.05, 4.69) is 27.7 Å². The second-order valence-corrected chi connectivity index (χ2v) is 9.76. The number of hydrogen-bond acceptors (Lipinski definition) is 5. The van der Waals surface area contributed by atoms with Gasteiger partial charge in [0.2, 0.25) is 11.8 Å². The van der Waals surface area contributed by atoms with Crippen molar-refractivity contribution in [1.82, 2.24) is 10.2 Å². The van der Waals surface area contributed by atoms with Gasteiger partial charge in [0, 0.05) is 56.8 Å². The fourth-order valence-electron chi connectivity index (χ4n) is 4.87. The minimum atomic E-state index is -1.18. The monoisotopic (exact) mass is 528 g/mol. The van der Waals surface area contributed by atoms with Crippen LogP contribution in [0.4, 0.5) is 16.2 Å². The smallest absolute Gasteiger partial charge is 0.404 e. The van der Waals surface area contributed by atoms with Crippen molar-refractivity contribution in [2.75, 3.05) is 36.4 Å². The molecular formula is C27H33ClN4O5. The third-order valence-electron chi connectivity index (χ3n) is 6.80. The van der Waals surface area contributed by atoms with Crippen LogP contribution in [0.2, 0.25) is 5.02 Å². The van der Waals surface area contributed by atoms with E-state index >= 15 is 0 Å². The molecule has 3 amide bonds. The maximum atomic E-state index is 13.0. The number of carbonyl (C=O) groups is 3. The summed E-state index contributed by atoms with van der Waals surface area (Å²) >= 11 is 6.50. The predicted molar refractivity (Wildman–Crippen MR) is 142 cm³/mol. The number of nitrogens with zero attached hydrogens (tertiary/aromatic N) is 2. The number of benzene rings is 2. The molecule has 2 heterocycles. The molecule has 1 atom stereocenters. The van der Waals surface area contributed by atoms with E-state index in [1.54, 1.807) is 23.1 Å². The molecule has 9 nitrogen and oxygen atoms in total. The topological polar surface area (TPSA) is 111 Å². The Morgan fingerprint density at radius 1 is 1.00 bits per heavy atom. The molecule has 0 saturated carbocycles. The first-order valence-electron chi connectivity index (χ1n) is 12.7. The van der Waals surface area contributed by atoms with Gasteiger partial charge >= 0.3 is 6.09 Å². The summed E-state index contributed by atoms with van der Waals surface area (Å²) in [5, 5.41) is 14.2. The van der Waals surface area contributed by atoms with Crippen LogP contribution >= 0.6 is 11.6 Å². The Kier molecular flexibility index (Phi) is 9.11. The maximum absolute atomic E-state index is 13.0. The molecule has 37 heavy (non-hydrogen) atoms. The Morgan fingerprint density at radius 2 is 1.76 bits per heavy atom. The van der Waals surface area contributed by atoms with Crippen LogP contribution in [-0.2, 0) is 9.59 Å². The number of carboxylic acid groups (broad SMARTS) is 1. The molecule has 2 aliphatic rings. The SMILES string of the molecule is O=C(O)NCCC(=O)N1CCCCC1C(=O)Nc1ccc(OC2CCN(c3ccccc3)CC2)c(Cl)c1. The van der Waals surface area contributed by atoms with Gasteiger partial charge in [-0.2, -0.15) is 0 Å². The summed E-state index contributed by atoms with van der Waals surface area (Å²) in [6.07, 6.45) is 2.88. The summed E-state index contributed by atoms with van der Waals surface area (Å²) in [4.78, 5) is 40.2. The number of para-hydroxylation sites is 1. The van der Waals surface area contributed by atoms with E-state index in [-0.39, 0.29) is 30.9 Å². The van der Waals surface area contributed by atoms with Crippen LogP contribution < -0.4 is 20.3 Å². The molecule has 0 spiro atoms. The first-order valence-corrected chi connectivity index (χ1v) is 13.1. The highest BCUT2D eigenvalue weighted by molar-refractivity contribution is 6.32. The first kappa shape index (κ1) is 26.6. The van der Waals surface area contributed by atoms with Crippen LogP contribution in [0.1, 0.15) is 38.5 Å².